The van der Waals surface area contributed by atoms with Crippen molar-refractivity contribution in [1.82, 2.24) is 10.3 Å². The van der Waals surface area contributed by atoms with Gasteiger partial charge in [0.25, 0.3) is 0 Å². The van der Waals surface area contributed by atoms with Gasteiger partial charge < -0.3 is 15.0 Å². The van der Waals surface area contributed by atoms with Gasteiger partial charge in [-0.15, -0.1) is 24.0 Å². The monoisotopic (exact) mass is 492 g/mol. The van der Waals surface area contributed by atoms with Crippen molar-refractivity contribution in [2.45, 2.75) is 19.1 Å². The first-order valence-corrected chi connectivity index (χ1v) is 8.17. The Morgan fingerprint density at radius 3 is 2.70 bits per heavy atom. The summed E-state index contributed by atoms with van der Waals surface area (Å²) in [5.74, 6) is 0.691. The lowest BCUT2D eigenvalue weighted by Gasteiger charge is -2.22. The summed E-state index contributed by atoms with van der Waals surface area (Å²) in [5, 5.41) is 3.26. The minimum atomic E-state index is -4.37. The number of halogens is 4. The minimum absolute atomic E-state index is 0. The summed E-state index contributed by atoms with van der Waals surface area (Å²) in [7, 11) is 1.72. The fraction of sp³-hybridized carbons (Fsp3) is 0.333. The highest BCUT2D eigenvalue weighted by Gasteiger charge is 2.28. The number of hydrogen-bond donors (Lipinski definition) is 1. The normalized spacial score (nSPS) is 13.8. The molecule has 9 heteroatoms. The van der Waals surface area contributed by atoms with Gasteiger partial charge in [-0.1, -0.05) is 24.3 Å². The van der Waals surface area contributed by atoms with Crippen LogP contribution in [0.1, 0.15) is 11.1 Å². The topological polar surface area (TPSA) is 49.8 Å². The molecule has 1 aromatic carbocycles. The Kier molecular flexibility index (Phi) is 7.28. The lowest BCUT2D eigenvalue weighted by atomic mass is 10.2. The molecule has 0 fully saturated rings. The molecule has 5 nitrogen and oxygen atoms in total. The Morgan fingerprint density at radius 1 is 1.26 bits per heavy atom. The van der Waals surface area contributed by atoms with Crippen molar-refractivity contribution in [3.8, 4) is 5.88 Å². The molecular formula is C18H20F3IN4O. The maximum Gasteiger partial charge on any atom is 0.422 e. The van der Waals surface area contributed by atoms with E-state index in [2.05, 4.69) is 37.1 Å². The SMILES string of the molecule is CN=C(NCc1ccc(OCC(F)(F)F)nc1)N1CCc2ccccc21.I. The van der Waals surface area contributed by atoms with E-state index in [4.69, 9.17) is 0 Å². The zero-order valence-electron chi connectivity index (χ0n) is 14.7. The molecular weight excluding hydrogens is 472 g/mol. The fourth-order valence-electron chi connectivity index (χ4n) is 2.79. The second-order valence-electron chi connectivity index (χ2n) is 5.84. The van der Waals surface area contributed by atoms with Crippen LogP contribution in [0.15, 0.2) is 47.6 Å². The molecule has 1 aromatic heterocycles. The van der Waals surface area contributed by atoms with Gasteiger partial charge in [-0.05, 0) is 23.6 Å². The van der Waals surface area contributed by atoms with Crippen LogP contribution in [0.4, 0.5) is 18.9 Å². The number of nitrogens with one attached hydrogen (secondary N) is 1. The molecule has 2 heterocycles. The van der Waals surface area contributed by atoms with E-state index in [0.717, 1.165) is 30.2 Å². The predicted molar refractivity (Wildman–Crippen MR) is 109 cm³/mol. The molecule has 0 bridgehead atoms. The van der Waals surface area contributed by atoms with Crippen LogP contribution in [0.3, 0.4) is 0 Å². The number of fused-ring (bicyclic) bond motifs is 1. The second-order valence-corrected chi connectivity index (χ2v) is 5.84. The van der Waals surface area contributed by atoms with Crippen molar-refractivity contribution >= 4 is 35.6 Å². The molecule has 0 radical (unpaired) electrons. The van der Waals surface area contributed by atoms with Crippen molar-refractivity contribution in [1.29, 1.82) is 0 Å². The van der Waals surface area contributed by atoms with E-state index < -0.39 is 12.8 Å². The lowest BCUT2D eigenvalue weighted by molar-refractivity contribution is -0.154. The molecule has 1 aliphatic heterocycles. The number of aromatic nitrogens is 1. The Morgan fingerprint density at radius 2 is 2.04 bits per heavy atom. The van der Waals surface area contributed by atoms with E-state index >= 15 is 0 Å². The minimum Gasteiger partial charge on any atom is -0.468 e. The van der Waals surface area contributed by atoms with E-state index in [1.807, 2.05) is 12.1 Å². The number of para-hydroxylation sites is 1. The second kappa shape index (κ2) is 9.25. The number of ether oxygens (including phenoxy) is 1. The standard InChI is InChI=1S/C18H19F3N4O.HI/c1-22-17(25-9-8-14-4-2-3-5-15(14)25)24-11-13-6-7-16(23-10-13)26-12-18(19,20)21;/h2-7,10H,8-9,11-12H2,1H3,(H,22,24);1H. The summed E-state index contributed by atoms with van der Waals surface area (Å²) >= 11 is 0. The third-order valence-electron chi connectivity index (χ3n) is 3.99. The maximum atomic E-state index is 12.1. The van der Waals surface area contributed by atoms with Gasteiger partial charge >= 0.3 is 6.18 Å². The Hall–Kier alpha value is -2.04. The highest BCUT2D eigenvalue weighted by atomic mass is 127. The Balaban J connectivity index is 0.00000261. The summed E-state index contributed by atoms with van der Waals surface area (Å²) in [4.78, 5) is 10.3. The molecule has 1 N–H and O–H groups in total. The predicted octanol–water partition coefficient (Wildman–Crippen LogP) is 3.78. The zero-order valence-corrected chi connectivity index (χ0v) is 17.0. The lowest BCUT2D eigenvalue weighted by Crippen LogP contribution is -2.40. The van der Waals surface area contributed by atoms with Gasteiger partial charge in [0.05, 0.1) is 0 Å². The molecule has 0 unspecified atom stereocenters. The number of rotatable bonds is 4. The first-order valence-electron chi connectivity index (χ1n) is 8.17. The molecule has 0 atom stereocenters. The van der Waals surface area contributed by atoms with E-state index in [9.17, 15) is 13.2 Å². The van der Waals surface area contributed by atoms with E-state index in [1.54, 1.807) is 13.1 Å². The molecule has 3 rings (SSSR count). The molecule has 2 aromatic rings. The van der Waals surface area contributed by atoms with Crippen molar-refractivity contribution in [2.24, 2.45) is 4.99 Å². The van der Waals surface area contributed by atoms with Gasteiger partial charge in [-0.2, -0.15) is 13.2 Å². The quantitative estimate of drug-likeness (QED) is 0.401. The van der Waals surface area contributed by atoms with Crippen LogP contribution >= 0.6 is 24.0 Å². The first kappa shape index (κ1) is 21.3. The summed E-state index contributed by atoms with van der Waals surface area (Å²) in [6.07, 6.45) is -1.92. The third-order valence-corrected chi connectivity index (χ3v) is 3.99. The number of hydrogen-bond acceptors (Lipinski definition) is 3. The molecule has 146 valence electrons. The number of nitrogens with zero attached hydrogens (tertiary/aromatic N) is 3. The summed E-state index contributed by atoms with van der Waals surface area (Å²) in [6, 6.07) is 11.3. The smallest absolute Gasteiger partial charge is 0.422 e. The van der Waals surface area contributed by atoms with Crippen molar-refractivity contribution < 1.29 is 17.9 Å². The molecule has 27 heavy (non-hydrogen) atoms. The number of alkyl halides is 3. The van der Waals surface area contributed by atoms with Gasteiger partial charge in [0.1, 0.15) is 0 Å². The van der Waals surface area contributed by atoms with Crippen LogP contribution in [-0.4, -0.2) is 37.3 Å². The summed E-state index contributed by atoms with van der Waals surface area (Å²) in [6.45, 7) is -0.0437. The van der Waals surface area contributed by atoms with Crippen LogP contribution in [0.25, 0.3) is 0 Å². The molecule has 1 aliphatic rings. The average Bonchev–Trinajstić information content (AvgIpc) is 3.05. The molecule has 0 saturated heterocycles. The van der Waals surface area contributed by atoms with E-state index in [0.29, 0.717) is 6.54 Å². The van der Waals surface area contributed by atoms with Gasteiger partial charge in [0, 0.05) is 38.1 Å². The number of guanidine groups is 1. The number of benzene rings is 1. The molecule has 0 amide bonds. The Labute approximate surface area is 172 Å². The molecule has 0 saturated carbocycles. The number of aliphatic imine (C=N–C) groups is 1. The van der Waals surface area contributed by atoms with Crippen molar-refractivity contribution in [3.05, 3.63) is 53.7 Å². The average molecular weight is 492 g/mol. The third kappa shape index (κ3) is 5.72. The number of anilines is 1. The largest absolute Gasteiger partial charge is 0.468 e. The van der Waals surface area contributed by atoms with E-state index in [-0.39, 0.29) is 29.9 Å². The molecule has 0 aliphatic carbocycles. The fourth-order valence-corrected chi connectivity index (χ4v) is 2.79. The zero-order chi connectivity index (χ0) is 18.6. The summed E-state index contributed by atoms with van der Waals surface area (Å²) in [5.41, 5.74) is 3.23. The van der Waals surface area contributed by atoms with Gasteiger partial charge in [0.2, 0.25) is 5.88 Å². The van der Waals surface area contributed by atoms with Crippen LogP contribution in [0.2, 0.25) is 0 Å². The van der Waals surface area contributed by atoms with Gasteiger partial charge in [-0.25, -0.2) is 4.98 Å². The van der Waals surface area contributed by atoms with Crippen LogP contribution in [-0.2, 0) is 13.0 Å². The molecule has 0 spiro atoms. The van der Waals surface area contributed by atoms with Gasteiger partial charge in [-0.3, -0.25) is 4.99 Å². The maximum absolute atomic E-state index is 12.1. The highest BCUT2D eigenvalue weighted by Crippen LogP contribution is 2.27. The van der Waals surface area contributed by atoms with Crippen molar-refractivity contribution in [2.75, 3.05) is 25.1 Å². The van der Waals surface area contributed by atoms with Crippen molar-refractivity contribution in [3.63, 3.8) is 0 Å². The highest BCUT2D eigenvalue weighted by molar-refractivity contribution is 14.0. The summed E-state index contributed by atoms with van der Waals surface area (Å²) < 4.78 is 41.0. The Bertz CT molecular complexity index is 781. The first-order chi connectivity index (χ1) is 12.5. The van der Waals surface area contributed by atoms with Crippen LogP contribution in [0.5, 0.6) is 5.88 Å². The van der Waals surface area contributed by atoms with Crippen LogP contribution < -0.4 is 15.0 Å². The van der Waals surface area contributed by atoms with E-state index in [1.165, 1.54) is 17.8 Å². The van der Waals surface area contributed by atoms with Gasteiger partial charge in [0.15, 0.2) is 12.6 Å². The van der Waals surface area contributed by atoms with Crippen LogP contribution in [0, 0.1) is 0 Å². The number of pyridine rings is 1.